The zero-order chi connectivity index (χ0) is 9.42. The zero-order valence-corrected chi connectivity index (χ0v) is 7.21. The van der Waals surface area contributed by atoms with Crippen LogP contribution >= 0.6 is 11.6 Å². The number of hydrogen-bond acceptors (Lipinski definition) is 3. The third-order valence-corrected chi connectivity index (χ3v) is 2.21. The molecule has 0 amide bonds. The SMILES string of the molecule is O=Cc1cc2occc2c(Cl)c1O. The molecule has 0 radical (unpaired) electrons. The summed E-state index contributed by atoms with van der Waals surface area (Å²) in [5.41, 5.74) is 0.623. The molecule has 0 atom stereocenters. The second kappa shape index (κ2) is 2.78. The van der Waals surface area contributed by atoms with Crippen LogP contribution in [0.2, 0.25) is 5.02 Å². The second-order valence-electron chi connectivity index (χ2n) is 2.58. The lowest BCUT2D eigenvalue weighted by Crippen LogP contribution is -1.82. The summed E-state index contributed by atoms with van der Waals surface area (Å²) in [5.74, 6) is -0.203. The average molecular weight is 197 g/mol. The number of aldehydes is 1. The van der Waals surface area contributed by atoms with E-state index in [2.05, 4.69) is 0 Å². The van der Waals surface area contributed by atoms with Crippen LogP contribution in [0.15, 0.2) is 22.8 Å². The van der Waals surface area contributed by atoms with Gasteiger partial charge in [-0.3, -0.25) is 4.79 Å². The van der Waals surface area contributed by atoms with Crippen LogP contribution in [0.3, 0.4) is 0 Å². The van der Waals surface area contributed by atoms with Crippen molar-refractivity contribution in [2.45, 2.75) is 0 Å². The van der Waals surface area contributed by atoms with Gasteiger partial charge >= 0.3 is 0 Å². The van der Waals surface area contributed by atoms with Crippen LogP contribution in [0.4, 0.5) is 0 Å². The number of halogens is 1. The lowest BCUT2D eigenvalue weighted by Gasteiger charge is -1.99. The van der Waals surface area contributed by atoms with E-state index >= 15 is 0 Å². The first-order chi connectivity index (χ1) is 6.24. The van der Waals surface area contributed by atoms with Gasteiger partial charge in [-0.05, 0) is 12.1 Å². The first-order valence-corrected chi connectivity index (χ1v) is 3.95. The monoisotopic (exact) mass is 196 g/mol. The van der Waals surface area contributed by atoms with Crippen LogP contribution < -0.4 is 0 Å². The molecule has 0 aliphatic rings. The van der Waals surface area contributed by atoms with Gasteiger partial charge in [0.2, 0.25) is 0 Å². The van der Waals surface area contributed by atoms with Gasteiger partial charge < -0.3 is 9.52 Å². The molecule has 1 aromatic heterocycles. The number of fused-ring (bicyclic) bond motifs is 1. The molecule has 1 N–H and O–H groups in total. The summed E-state index contributed by atoms with van der Waals surface area (Å²) in [6.45, 7) is 0. The number of furan rings is 1. The van der Waals surface area contributed by atoms with Crippen molar-refractivity contribution in [3.8, 4) is 5.75 Å². The number of phenols is 1. The minimum absolute atomic E-state index is 0.132. The molecule has 0 aliphatic heterocycles. The van der Waals surface area contributed by atoms with Gasteiger partial charge in [0.15, 0.2) is 6.29 Å². The molecule has 0 spiro atoms. The van der Waals surface area contributed by atoms with E-state index in [0.29, 0.717) is 17.3 Å². The standard InChI is InChI=1S/C9H5ClO3/c10-8-6-1-2-13-7(6)3-5(4-11)9(8)12/h1-4,12H. The highest BCUT2D eigenvalue weighted by atomic mass is 35.5. The maximum Gasteiger partial charge on any atom is 0.153 e. The molecule has 0 fully saturated rings. The van der Waals surface area contributed by atoms with E-state index in [4.69, 9.17) is 16.0 Å². The summed E-state index contributed by atoms with van der Waals surface area (Å²) < 4.78 is 5.04. The Kier molecular flexibility index (Phi) is 1.74. The fourth-order valence-electron chi connectivity index (χ4n) is 1.17. The number of phenolic OH excluding ortho intramolecular Hbond substituents is 1. The number of benzene rings is 1. The van der Waals surface area contributed by atoms with Gasteiger partial charge in [0, 0.05) is 5.39 Å². The molecule has 2 rings (SSSR count). The molecule has 0 aliphatic carbocycles. The highest BCUT2D eigenvalue weighted by Gasteiger charge is 2.11. The molecule has 1 heterocycles. The summed E-state index contributed by atoms with van der Waals surface area (Å²) in [6.07, 6.45) is 1.98. The highest BCUT2D eigenvalue weighted by molar-refractivity contribution is 6.37. The molecule has 2 aromatic rings. The molecule has 0 unspecified atom stereocenters. The Hall–Kier alpha value is -1.48. The first kappa shape index (κ1) is 8.13. The van der Waals surface area contributed by atoms with Crippen LogP contribution in [0.5, 0.6) is 5.75 Å². The molecule has 0 saturated carbocycles. The van der Waals surface area contributed by atoms with Crippen molar-refractivity contribution in [3.05, 3.63) is 29.0 Å². The Morgan fingerprint density at radius 3 is 3.00 bits per heavy atom. The number of aromatic hydroxyl groups is 1. The van der Waals surface area contributed by atoms with Crippen LogP contribution in [0, 0.1) is 0 Å². The molecular formula is C9H5ClO3. The maximum absolute atomic E-state index is 10.5. The molecule has 0 bridgehead atoms. The molecule has 0 saturated heterocycles. The van der Waals surface area contributed by atoms with Gasteiger partial charge in [-0.15, -0.1) is 0 Å². The van der Waals surface area contributed by atoms with Crippen molar-refractivity contribution in [3.63, 3.8) is 0 Å². The molecule has 4 heteroatoms. The Balaban J connectivity index is 2.91. The summed E-state index contributed by atoms with van der Waals surface area (Å²) in [4.78, 5) is 10.5. The van der Waals surface area contributed by atoms with Crippen molar-refractivity contribution in [1.82, 2.24) is 0 Å². The highest BCUT2D eigenvalue weighted by Crippen LogP contribution is 2.34. The maximum atomic E-state index is 10.5. The summed E-state index contributed by atoms with van der Waals surface area (Å²) in [5, 5.41) is 10.2. The second-order valence-corrected chi connectivity index (χ2v) is 2.96. The van der Waals surface area contributed by atoms with Crippen molar-refractivity contribution in [1.29, 1.82) is 0 Å². The summed E-state index contributed by atoms with van der Waals surface area (Å²) in [6, 6.07) is 3.08. The van der Waals surface area contributed by atoms with Crippen LogP contribution in [-0.4, -0.2) is 11.4 Å². The topological polar surface area (TPSA) is 50.4 Å². The summed E-state index contributed by atoms with van der Waals surface area (Å²) in [7, 11) is 0. The van der Waals surface area contributed by atoms with Crippen molar-refractivity contribution in [2.24, 2.45) is 0 Å². The number of carbonyl (C=O) groups is 1. The van der Waals surface area contributed by atoms with E-state index in [1.807, 2.05) is 0 Å². The van der Waals surface area contributed by atoms with Crippen molar-refractivity contribution in [2.75, 3.05) is 0 Å². The molecule has 13 heavy (non-hydrogen) atoms. The smallest absolute Gasteiger partial charge is 0.153 e. The molecule has 3 nitrogen and oxygen atoms in total. The number of hydrogen-bond donors (Lipinski definition) is 1. The van der Waals surface area contributed by atoms with E-state index in [1.165, 1.54) is 12.3 Å². The average Bonchev–Trinajstić information content (AvgIpc) is 2.59. The fraction of sp³-hybridized carbons (Fsp3) is 0. The van der Waals surface area contributed by atoms with E-state index < -0.39 is 0 Å². The van der Waals surface area contributed by atoms with Crippen LogP contribution in [0.1, 0.15) is 10.4 Å². The number of rotatable bonds is 1. The van der Waals surface area contributed by atoms with Crippen molar-refractivity contribution >= 4 is 28.9 Å². The largest absolute Gasteiger partial charge is 0.506 e. The van der Waals surface area contributed by atoms with E-state index in [1.54, 1.807) is 6.07 Å². The lowest BCUT2D eigenvalue weighted by molar-refractivity contribution is 0.112. The predicted octanol–water partition coefficient (Wildman–Crippen LogP) is 2.60. The van der Waals surface area contributed by atoms with Gasteiger partial charge in [-0.2, -0.15) is 0 Å². The van der Waals surface area contributed by atoms with E-state index in [9.17, 15) is 9.90 Å². The fourth-order valence-corrected chi connectivity index (χ4v) is 1.43. The van der Waals surface area contributed by atoms with Gasteiger partial charge in [0.05, 0.1) is 16.8 Å². The van der Waals surface area contributed by atoms with Gasteiger partial charge in [-0.1, -0.05) is 11.6 Å². The Labute approximate surface area is 78.5 Å². The first-order valence-electron chi connectivity index (χ1n) is 3.58. The normalized spacial score (nSPS) is 10.5. The minimum Gasteiger partial charge on any atom is -0.506 e. The summed E-state index contributed by atoms with van der Waals surface area (Å²) >= 11 is 5.78. The van der Waals surface area contributed by atoms with Gasteiger partial charge in [0.25, 0.3) is 0 Å². The quantitative estimate of drug-likeness (QED) is 0.714. The third-order valence-electron chi connectivity index (χ3n) is 1.83. The molecule has 1 aromatic carbocycles. The van der Waals surface area contributed by atoms with Crippen LogP contribution in [-0.2, 0) is 0 Å². The lowest BCUT2D eigenvalue weighted by atomic mass is 10.1. The van der Waals surface area contributed by atoms with E-state index in [0.717, 1.165) is 0 Å². The van der Waals surface area contributed by atoms with Crippen LogP contribution in [0.25, 0.3) is 11.0 Å². The van der Waals surface area contributed by atoms with Gasteiger partial charge in [-0.25, -0.2) is 0 Å². The number of carbonyl (C=O) groups excluding carboxylic acids is 1. The Morgan fingerprint density at radius 1 is 1.54 bits per heavy atom. The van der Waals surface area contributed by atoms with Gasteiger partial charge in [0.1, 0.15) is 11.3 Å². The van der Waals surface area contributed by atoms with Crippen molar-refractivity contribution < 1.29 is 14.3 Å². The molecular weight excluding hydrogens is 192 g/mol. The third kappa shape index (κ3) is 1.09. The van der Waals surface area contributed by atoms with E-state index in [-0.39, 0.29) is 16.3 Å². The zero-order valence-electron chi connectivity index (χ0n) is 6.45. The molecule has 66 valence electrons. The Morgan fingerprint density at radius 2 is 2.31 bits per heavy atom. The Bertz CT molecular complexity index is 473. The predicted molar refractivity (Wildman–Crippen MR) is 48.3 cm³/mol. The minimum atomic E-state index is -0.203.